The van der Waals surface area contributed by atoms with Gasteiger partial charge in [-0.3, -0.25) is 9.69 Å². The number of benzene rings is 2. The quantitative estimate of drug-likeness (QED) is 0.616. The first kappa shape index (κ1) is 20.0. The Morgan fingerprint density at radius 1 is 1.06 bits per heavy atom. The first-order chi connectivity index (χ1) is 15.5. The summed E-state index contributed by atoms with van der Waals surface area (Å²) in [6, 6.07) is 14.5. The molecule has 0 spiro atoms. The van der Waals surface area contributed by atoms with Crippen LogP contribution >= 0.6 is 0 Å². The zero-order valence-electron chi connectivity index (χ0n) is 17.5. The van der Waals surface area contributed by atoms with E-state index in [4.69, 9.17) is 14.0 Å². The monoisotopic (exact) mass is 434 g/mol. The molecule has 1 unspecified atom stereocenters. The third-order valence-corrected chi connectivity index (χ3v) is 5.61. The highest BCUT2D eigenvalue weighted by molar-refractivity contribution is 6.07. The van der Waals surface area contributed by atoms with Gasteiger partial charge in [0.05, 0.1) is 13.2 Å². The zero-order chi connectivity index (χ0) is 22.1. The lowest BCUT2D eigenvalue weighted by Crippen LogP contribution is -2.40. The van der Waals surface area contributed by atoms with E-state index >= 15 is 0 Å². The summed E-state index contributed by atoms with van der Waals surface area (Å²) in [4.78, 5) is 31.3. The van der Waals surface area contributed by atoms with Crippen molar-refractivity contribution >= 4 is 11.9 Å². The number of amides is 3. The van der Waals surface area contributed by atoms with Gasteiger partial charge in [-0.2, -0.15) is 4.98 Å². The fourth-order valence-corrected chi connectivity index (χ4v) is 3.85. The number of nitrogens with zero attached hydrogens (tertiary/aromatic N) is 3. The van der Waals surface area contributed by atoms with E-state index < -0.39 is 17.5 Å². The molecule has 3 amide bonds. The molecule has 3 aromatic rings. The van der Waals surface area contributed by atoms with Crippen LogP contribution < -0.4 is 14.8 Å². The molecule has 1 aromatic heterocycles. The third kappa shape index (κ3) is 3.66. The van der Waals surface area contributed by atoms with E-state index in [2.05, 4.69) is 15.5 Å². The predicted molar refractivity (Wildman–Crippen MR) is 112 cm³/mol. The van der Waals surface area contributed by atoms with Crippen molar-refractivity contribution in [1.82, 2.24) is 20.4 Å². The number of hydrogen-bond donors (Lipinski definition) is 1. The third-order valence-electron chi connectivity index (χ3n) is 5.61. The fraction of sp³-hybridized carbons (Fsp3) is 0.304. The van der Waals surface area contributed by atoms with Gasteiger partial charge in [0.2, 0.25) is 5.89 Å². The molecular weight excluding hydrogens is 412 g/mol. The Balaban J connectivity index is 1.33. The summed E-state index contributed by atoms with van der Waals surface area (Å²) in [5.41, 5.74) is 0.406. The Morgan fingerprint density at radius 2 is 1.84 bits per heavy atom. The van der Waals surface area contributed by atoms with Crippen LogP contribution in [0.4, 0.5) is 4.79 Å². The van der Waals surface area contributed by atoms with E-state index in [-0.39, 0.29) is 12.4 Å². The molecule has 1 saturated heterocycles. The Kier molecular flexibility index (Phi) is 5.01. The molecular formula is C23H22N4O5. The first-order valence-electron chi connectivity index (χ1n) is 10.4. The number of aromatic nitrogens is 2. The van der Waals surface area contributed by atoms with Crippen LogP contribution in [0.3, 0.4) is 0 Å². The van der Waals surface area contributed by atoms with Gasteiger partial charge in [0.25, 0.3) is 5.91 Å². The number of carbonyl (C=O) groups is 2. The lowest BCUT2D eigenvalue weighted by molar-refractivity contribution is -0.131. The molecule has 0 bridgehead atoms. The van der Waals surface area contributed by atoms with Crippen molar-refractivity contribution in [1.29, 1.82) is 0 Å². The standard InChI is InChI=1S/C23H22N4O5/c1-23(16-8-9-17-18(13-16)31-11-5-10-30-17)21(28)27(22(29)25-23)14-20-24-19(26-32-20)12-15-6-3-2-4-7-15/h2-4,6-9,13H,5,10-12,14H2,1H3,(H,25,29). The highest BCUT2D eigenvalue weighted by Crippen LogP contribution is 2.37. The van der Waals surface area contributed by atoms with E-state index in [9.17, 15) is 9.59 Å². The van der Waals surface area contributed by atoms with Gasteiger partial charge in [-0.1, -0.05) is 41.6 Å². The SMILES string of the molecule is CC1(c2ccc3c(c2)OCCCO3)NC(=O)N(Cc2nc(Cc3ccccc3)no2)C1=O. The number of hydrogen-bond acceptors (Lipinski definition) is 7. The van der Waals surface area contributed by atoms with Gasteiger partial charge in [-0.05, 0) is 30.2 Å². The zero-order valence-corrected chi connectivity index (χ0v) is 17.5. The van der Waals surface area contributed by atoms with Crippen molar-refractivity contribution in [3.63, 3.8) is 0 Å². The average molecular weight is 434 g/mol. The van der Waals surface area contributed by atoms with Crippen LogP contribution in [0.15, 0.2) is 53.1 Å². The molecule has 1 atom stereocenters. The molecule has 2 aromatic carbocycles. The van der Waals surface area contributed by atoms with E-state index in [1.165, 1.54) is 0 Å². The second-order valence-corrected chi connectivity index (χ2v) is 7.93. The number of nitrogens with one attached hydrogen (secondary N) is 1. The minimum atomic E-state index is -1.24. The molecule has 164 valence electrons. The second-order valence-electron chi connectivity index (χ2n) is 7.93. The Labute approximate surface area is 184 Å². The van der Waals surface area contributed by atoms with Crippen molar-refractivity contribution in [3.05, 3.63) is 71.4 Å². The number of carbonyl (C=O) groups excluding carboxylic acids is 2. The molecule has 0 saturated carbocycles. The lowest BCUT2D eigenvalue weighted by atomic mass is 9.91. The summed E-state index contributed by atoms with van der Waals surface area (Å²) >= 11 is 0. The van der Waals surface area contributed by atoms with Gasteiger partial charge < -0.3 is 19.3 Å². The molecule has 3 heterocycles. The predicted octanol–water partition coefficient (Wildman–Crippen LogP) is 2.79. The van der Waals surface area contributed by atoms with Crippen molar-refractivity contribution in [2.75, 3.05) is 13.2 Å². The van der Waals surface area contributed by atoms with Crippen molar-refractivity contribution < 1.29 is 23.6 Å². The molecule has 9 nitrogen and oxygen atoms in total. The van der Waals surface area contributed by atoms with Gasteiger partial charge in [0, 0.05) is 12.8 Å². The number of imide groups is 1. The van der Waals surface area contributed by atoms with Crippen molar-refractivity contribution in [2.24, 2.45) is 0 Å². The molecule has 2 aliphatic heterocycles. The lowest BCUT2D eigenvalue weighted by Gasteiger charge is -2.23. The summed E-state index contributed by atoms with van der Waals surface area (Å²) in [7, 11) is 0. The van der Waals surface area contributed by atoms with Gasteiger partial charge >= 0.3 is 6.03 Å². The van der Waals surface area contributed by atoms with E-state index in [1.54, 1.807) is 25.1 Å². The van der Waals surface area contributed by atoms with Gasteiger partial charge in [-0.25, -0.2) is 4.79 Å². The van der Waals surface area contributed by atoms with E-state index in [1.807, 2.05) is 30.3 Å². The van der Waals surface area contributed by atoms with Crippen molar-refractivity contribution in [3.8, 4) is 11.5 Å². The number of rotatable bonds is 5. The van der Waals surface area contributed by atoms with Crippen LogP contribution in [0.25, 0.3) is 0 Å². The van der Waals surface area contributed by atoms with Crippen LogP contribution in [0.1, 0.15) is 36.2 Å². The summed E-state index contributed by atoms with van der Waals surface area (Å²) in [6.45, 7) is 2.67. The molecule has 2 aliphatic rings. The van der Waals surface area contributed by atoms with E-state index in [0.717, 1.165) is 16.9 Å². The number of urea groups is 1. The highest BCUT2D eigenvalue weighted by atomic mass is 16.5. The molecule has 1 N–H and O–H groups in total. The fourth-order valence-electron chi connectivity index (χ4n) is 3.85. The first-order valence-corrected chi connectivity index (χ1v) is 10.4. The number of fused-ring (bicyclic) bond motifs is 1. The molecule has 1 fully saturated rings. The maximum absolute atomic E-state index is 13.3. The topological polar surface area (TPSA) is 107 Å². The van der Waals surface area contributed by atoms with Crippen LogP contribution in [-0.2, 0) is 23.3 Å². The highest BCUT2D eigenvalue weighted by Gasteiger charge is 2.49. The minimum absolute atomic E-state index is 0.105. The minimum Gasteiger partial charge on any atom is -0.490 e. The molecule has 0 radical (unpaired) electrons. The summed E-state index contributed by atoms with van der Waals surface area (Å²) in [5, 5.41) is 6.76. The molecule has 9 heteroatoms. The summed E-state index contributed by atoms with van der Waals surface area (Å²) in [6.07, 6.45) is 1.28. The van der Waals surface area contributed by atoms with Crippen LogP contribution in [0.5, 0.6) is 11.5 Å². The van der Waals surface area contributed by atoms with Crippen molar-refractivity contribution in [2.45, 2.75) is 31.8 Å². The summed E-state index contributed by atoms with van der Waals surface area (Å²) < 4.78 is 16.7. The van der Waals surface area contributed by atoms with Crippen LogP contribution in [-0.4, -0.2) is 40.2 Å². The number of ether oxygens (including phenoxy) is 2. The summed E-state index contributed by atoms with van der Waals surface area (Å²) in [5.74, 6) is 1.47. The Hall–Kier alpha value is -3.88. The van der Waals surface area contributed by atoms with Crippen LogP contribution in [0.2, 0.25) is 0 Å². The normalized spacial score (nSPS) is 20.2. The largest absolute Gasteiger partial charge is 0.490 e. The van der Waals surface area contributed by atoms with Gasteiger partial charge in [0.1, 0.15) is 12.1 Å². The smallest absolute Gasteiger partial charge is 0.325 e. The van der Waals surface area contributed by atoms with Gasteiger partial charge in [0.15, 0.2) is 17.3 Å². The molecule has 5 rings (SSSR count). The maximum Gasteiger partial charge on any atom is 0.325 e. The average Bonchev–Trinajstić information content (AvgIpc) is 3.21. The molecule has 32 heavy (non-hydrogen) atoms. The second kappa shape index (κ2) is 7.99. The Bertz CT molecular complexity index is 1160. The maximum atomic E-state index is 13.3. The molecule has 0 aliphatic carbocycles. The van der Waals surface area contributed by atoms with Gasteiger partial charge in [-0.15, -0.1) is 0 Å². The van der Waals surface area contributed by atoms with Crippen LogP contribution in [0, 0.1) is 0 Å². The van der Waals surface area contributed by atoms with E-state index in [0.29, 0.717) is 42.5 Å². The Morgan fingerprint density at radius 3 is 2.66 bits per heavy atom.